The molecule has 0 fully saturated rings. The van der Waals surface area contributed by atoms with Gasteiger partial charge in [0.05, 0.1) is 16.8 Å². The summed E-state index contributed by atoms with van der Waals surface area (Å²) in [5.74, 6) is -0.146. The topological polar surface area (TPSA) is 102 Å². The van der Waals surface area contributed by atoms with E-state index >= 15 is 0 Å². The smallest absolute Gasteiger partial charge is 0.337 e. The minimum absolute atomic E-state index is 0.0521. The number of carboxylic acid groups (broad SMARTS) is 1. The minimum Gasteiger partial charge on any atom is -0.478 e. The molecular weight excluding hydrogens is 320 g/mol. The van der Waals surface area contributed by atoms with Crippen LogP contribution in [0.3, 0.4) is 0 Å². The van der Waals surface area contributed by atoms with Crippen LogP contribution in [-0.2, 0) is 25.9 Å². The van der Waals surface area contributed by atoms with Crippen LogP contribution >= 0.6 is 0 Å². The molecule has 3 N–H and O–H groups in total. The van der Waals surface area contributed by atoms with E-state index in [2.05, 4.69) is 26.8 Å². The van der Waals surface area contributed by atoms with Crippen molar-refractivity contribution in [3.8, 4) is 0 Å². The van der Waals surface area contributed by atoms with Crippen molar-refractivity contribution >= 4 is 5.97 Å². The molecule has 3 rings (SSSR count). The second-order valence-corrected chi connectivity index (χ2v) is 6.68. The summed E-state index contributed by atoms with van der Waals surface area (Å²) < 4.78 is 0. The van der Waals surface area contributed by atoms with Crippen molar-refractivity contribution < 1.29 is 9.90 Å². The molecule has 0 bridgehead atoms. The number of carbonyl (C=O) groups is 1. The normalized spacial score (nSPS) is 14.5. The summed E-state index contributed by atoms with van der Waals surface area (Å²) >= 11 is 0. The Balaban J connectivity index is 1.81. The lowest BCUT2D eigenvalue weighted by Gasteiger charge is -2.27. The zero-order valence-electron chi connectivity index (χ0n) is 14.9. The standard InChI is InChI=1S/C18H24N4O3/c1-4-5-15-20-13-6-7-22(8-12(13)17(23)21-15)9-14-10(2)16(18(24)25)11(3)19-14/h19H,4-9H2,1-3H3,(H,24,25)(H,20,21,23). The molecular formula is C18H24N4O3. The van der Waals surface area contributed by atoms with Crippen LogP contribution in [0.5, 0.6) is 0 Å². The van der Waals surface area contributed by atoms with Gasteiger partial charge in [-0.05, 0) is 25.8 Å². The average Bonchev–Trinajstić information content (AvgIpc) is 2.82. The third-order valence-corrected chi connectivity index (χ3v) is 4.82. The third kappa shape index (κ3) is 3.37. The Morgan fingerprint density at radius 1 is 1.32 bits per heavy atom. The fourth-order valence-electron chi connectivity index (χ4n) is 3.54. The summed E-state index contributed by atoms with van der Waals surface area (Å²) in [6.45, 7) is 7.59. The first-order valence-electron chi connectivity index (χ1n) is 8.65. The molecule has 134 valence electrons. The van der Waals surface area contributed by atoms with Crippen molar-refractivity contribution in [3.63, 3.8) is 0 Å². The summed E-state index contributed by atoms with van der Waals surface area (Å²) in [5, 5.41) is 9.31. The van der Waals surface area contributed by atoms with Gasteiger partial charge in [0.15, 0.2) is 0 Å². The van der Waals surface area contributed by atoms with Gasteiger partial charge in [-0.2, -0.15) is 0 Å². The van der Waals surface area contributed by atoms with Crippen molar-refractivity contribution in [1.29, 1.82) is 0 Å². The molecule has 0 amide bonds. The van der Waals surface area contributed by atoms with Crippen LogP contribution in [0.25, 0.3) is 0 Å². The van der Waals surface area contributed by atoms with Gasteiger partial charge in [0, 0.05) is 43.9 Å². The van der Waals surface area contributed by atoms with Crippen molar-refractivity contribution in [2.45, 2.75) is 53.1 Å². The molecule has 0 radical (unpaired) electrons. The Morgan fingerprint density at radius 3 is 2.72 bits per heavy atom. The Hall–Kier alpha value is -2.41. The van der Waals surface area contributed by atoms with Crippen LogP contribution in [0, 0.1) is 13.8 Å². The molecule has 3 heterocycles. The highest BCUT2D eigenvalue weighted by atomic mass is 16.4. The van der Waals surface area contributed by atoms with Gasteiger partial charge in [-0.3, -0.25) is 9.69 Å². The van der Waals surface area contributed by atoms with E-state index in [0.717, 1.165) is 54.1 Å². The van der Waals surface area contributed by atoms with E-state index in [1.807, 2.05) is 6.92 Å². The number of aromatic amines is 2. The fraction of sp³-hybridized carbons (Fsp3) is 0.500. The lowest BCUT2D eigenvalue weighted by atomic mass is 10.1. The van der Waals surface area contributed by atoms with Gasteiger partial charge in [-0.1, -0.05) is 6.92 Å². The zero-order valence-corrected chi connectivity index (χ0v) is 14.9. The molecule has 2 aromatic rings. The van der Waals surface area contributed by atoms with Gasteiger partial charge >= 0.3 is 5.97 Å². The second kappa shape index (κ2) is 6.84. The molecule has 0 spiro atoms. The Labute approximate surface area is 146 Å². The molecule has 25 heavy (non-hydrogen) atoms. The molecule has 0 aliphatic carbocycles. The average molecular weight is 344 g/mol. The van der Waals surface area contributed by atoms with Crippen LogP contribution in [0.4, 0.5) is 0 Å². The Kier molecular flexibility index (Phi) is 4.76. The van der Waals surface area contributed by atoms with Gasteiger partial charge in [-0.15, -0.1) is 0 Å². The zero-order chi connectivity index (χ0) is 18.1. The predicted molar refractivity (Wildman–Crippen MR) is 93.9 cm³/mol. The first-order valence-corrected chi connectivity index (χ1v) is 8.65. The number of aryl methyl sites for hydroxylation is 2. The maximum Gasteiger partial charge on any atom is 0.337 e. The molecule has 7 heteroatoms. The second-order valence-electron chi connectivity index (χ2n) is 6.68. The molecule has 2 aromatic heterocycles. The Bertz CT molecular complexity index is 866. The van der Waals surface area contributed by atoms with Gasteiger partial charge in [0.25, 0.3) is 5.56 Å². The van der Waals surface area contributed by atoms with E-state index in [1.165, 1.54) is 0 Å². The van der Waals surface area contributed by atoms with Crippen molar-refractivity contribution in [1.82, 2.24) is 19.9 Å². The maximum absolute atomic E-state index is 12.4. The van der Waals surface area contributed by atoms with E-state index in [0.29, 0.717) is 24.3 Å². The molecule has 0 atom stereocenters. The largest absolute Gasteiger partial charge is 0.478 e. The SMILES string of the molecule is CCCc1nc2c(c(=O)[nH]1)CN(Cc1[nH]c(C)c(C(=O)O)c1C)CC2. The predicted octanol–water partition coefficient (Wildman–Crippen LogP) is 1.92. The van der Waals surface area contributed by atoms with Gasteiger partial charge < -0.3 is 15.1 Å². The van der Waals surface area contributed by atoms with Crippen LogP contribution in [0.2, 0.25) is 0 Å². The van der Waals surface area contributed by atoms with E-state index < -0.39 is 5.97 Å². The van der Waals surface area contributed by atoms with Crippen molar-refractivity contribution in [2.24, 2.45) is 0 Å². The molecule has 0 saturated carbocycles. The molecule has 0 saturated heterocycles. The summed E-state index contributed by atoms with van der Waals surface area (Å²) in [4.78, 5) is 36.5. The van der Waals surface area contributed by atoms with Crippen LogP contribution in [0.15, 0.2) is 4.79 Å². The molecule has 1 aliphatic heterocycles. The number of H-pyrrole nitrogens is 2. The molecule has 0 unspecified atom stereocenters. The van der Waals surface area contributed by atoms with Crippen molar-refractivity contribution in [3.05, 3.63) is 50.0 Å². The quantitative estimate of drug-likeness (QED) is 0.769. The highest BCUT2D eigenvalue weighted by molar-refractivity contribution is 5.91. The number of fused-ring (bicyclic) bond motifs is 1. The summed E-state index contributed by atoms with van der Waals surface area (Å²) in [6.07, 6.45) is 2.47. The summed E-state index contributed by atoms with van der Waals surface area (Å²) in [6, 6.07) is 0. The Morgan fingerprint density at radius 2 is 2.08 bits per heavy atom. The first-order chi connectivity index (χ1) is 11.9. The number of hydrogen-bond donors (Lipinski definition) is 3. The van der Waals surface area contributed by atoms with Crippen LogP contribution < -0.4 is 5.56 Å². The highest BCUT2D eigenvalue weighted by Crippen LogP contribution is 2.22. The number of nitrogens with one attached hydrogen (secondary N) is 2. The maximum atomic E-state index is 12.4. The van der Waals surface area contributed by atoms with Crippen LogP contribution in [0.1, 0.15) is 57.7 Å². The summed E-state index contributed by atoms with van der Waals surface area (Å²) in [5.41, 5.74) is 4.24. The summed E-state index contributed by atoms with van der Waals surface area (Å²) in [7, 11) is 0. The monoisotopic (exact) mass is 344 g/mol. The van der Waals surface area contributed by atoms with E-state index in [9.17, 15) is 14.7 Å². The van der Waals surface area contributed by atoms with Gasteiger partial charge in [0.2, 0.25) is 0 Å². The number of aromatic carboxylic acids is 1. The molecule has 0 aromatic carbocycles. The molecule has 1 aliphatic rings. The third-order valence-electron chi connectivity index (χ3n) is 4.82. The van der Waals surface area contributed by atoms with Crippen molar-refractivity contribution in [2.75, 3.05) is 6.54 Å². The lowest BCUT2D eigenvalue weighted by Crippen LogP contribution is -2.36. The van der Waals surface area contributed by atoms with Crippen LogP contribution in [-0.4, -0.2) is 37.5 Å². The number of nitrogens with zero attached hydrogens (tertiary/aromatic N) is 2. The number of hydrogen-bond acceptors (Lipinski definition) is 4. The number of carboxylic acids is 1. The fourth-order valence-corrected chi connectivity index (χ4v) is 3.54. The van der Waals surface area contributed by atoms with Gasteiger partial charge in [0.1, 0.15) is 5.82 Å². The van der Waals surface area contributed by atoms with Gasteiger partial charge in [-0.25, -0.2) is 9.78 Å². The molecule has 7 nitrogen and oxygen atoms in total. The number of aromatic nitrogens is 3. The highest BCUT2D eigenvalue weighted by Gasteiger charge is 2.24. The van der Waals surface area contributed by atoms with E-state index in [4.69, 9.17) is 0 Å². The van der Waals surface area contributed by atoms with E-state index in [-0.39, 0.29) is 5.56 Å². The minimum atomic E-state index is -0.911. The first kappa shape index (κ1) is 17.4. The number of rotatable bonds is 5. The lowest BCUT2D eigenvalue weighted by molar-refractivity contribution is 0.0695. The van der Waals surface area contributed by atoms with E-state index in [1.54, 1.807) is 6.92 Å².